The van der Waals surface area contributed by atoms with Crippen LogP contribution in [0.1, 0.15) is 20.8 Å². The van der Waals surface area contributed by atoms with Crippen LogP contribution >= 0.6 is 0 Å². The molecular formula is C19H22N4O3. The maximum Gasteiger partial charge on any atom is 0.277 e. The average Bonchev–Trinajstić information content (AvgIpc) is 3.03. The summed E-state index contributed by atoms with van der Waals surface area (Å²) in [5, 5.41) is 7.23. The van der Waals surface area contributed by atoms with Crippen molar-refractivity contribution >= 4 is 11.4 Å². The summed E-state index contributed by atoms with van der Waals surface area (Å²) < 4.78 is 8.36. The summed E-state index contributed by atoms with van der Waals surface area (Å²) >= 11 is 0. The second-order valence-corrected chi connectivity index (χ2v) is 6.27. The number of carbonyl (C=O) groups is 1. The molecule has 0 saturated carbocycles. The largest absolute Gasteiger partial charge is 0.494 e. The molecule has 2 heterocycles. The van der Waals surface area contributed by atoms with Gasteiger partial charge in [-0.05, 0) is 51.1 Å². The molecule has 0 bridgehead atoms. The number of carbonyl (C=O) groups excluding carboxylic acids is 1. The summed E-state index contributed by atoms with van der Waals surface area (Å²) in [6, 6.07) is 9.31. The molecule has 0 unspecified atom stereocenters. The number of nitrogens with one attached hydrogen (secondary N) is 1. The van der Waals surface area contributed by atoms with E-state index < -0.39 is 0 Å². The highest BCUT2D eigenvalue weighted by atomic mass is 16.5. The van der Waals surface area contributed by atoms with Crippen molar-refractivity contribution in [3.05, 3.63) is 53.1 Å². The van der Waals surface area contributed by atoms with Crippen molar-refractivity contribution in [1.29, 1.82) is 0 Å². The fourth-order valence-electron chi connectivity index (χ4n) is 2.70. The van der Waals surface area contributed by atoms with Gasteiger partial charge in [0.2, 0.25) is 5.91 Å². The molecule has 0 fully saturated rings. The molecule has 0 saturated heterocycles. The fraction of sp³-hybridized carbons (Fsp3) is 0.316. The van der Waals surface area contributed by atoms with E-state index in [-0.39, 0.29) is 24.1 Å². The molecule has 0 aliphatic carbocycles. The van der Waals surface area contributed by atoms with Gasteiger partial charge in [0.1, 0.15) is 17.8 Å². The highest BCUT2D eigenvalue weighted by Gasteiger charge is 2.11. The maximum absolute atomic E-state index is 12.6. The number of hydrogen-bond acceptors (Lipinski definition) is 4. The zero-order valence-electron chi connectivity index (χ0n) is 15.1. The van der Waals surface area contributed by atoms with Crippen LogP contribution in [0.4, 0.5) is 0 Å². The van der Waals surface area contributed by atoms with Gasteiger partial charge >= 0.3 is 0 Å². The number of rotatable bonds is 6. The Balaban J connectivity index is 1.90. The number of aromatic nitrogens is 3. The topological polar surface area (TPSA) is 77.6 Å². The van der Waals surface area contributed by atoms with E-state index in [0.717, 1.165) is 11.3 Å². The van der Waals surface area contributed by atoms with Gasteiger partial charge in [-0.25, -0.2) is 4.52 Å². The monoisotopic (exact) mass is 354 g/mol. The Bertz CT molecular complexity index is 971. The van der Waals surface area contributed by atoms with Crippen molar-refractivity contribution < 1.29 is 9.53 Å². The first-order valence-corrected chi connectivity index (χ1v) is 8.59. The zero-order valence-corrected chi connectivity index (χ0v) is 15.1. The summed E-state index contributed by atoms with van der Waals surface area (Å²) in [5.41, 5.74) is 1.75. The third-order valence-corrected chi connectivity index (χ3v) is 3.83. The second-order valence-electron chi connectivity index (χ2n) is 6.27. The van der Waals surface area contributed by atoms with Crippen LogP contribution in [0.3, 0.4) is 0 Å². The highest BCUT2D eigenvalue weighted by molar-refractivity contribution is 5.76. The van der Waals surface area contributed by atoms with E-state index >= 15 is 0 Å². The SMILES string of the molecule is CCOc1ccc(-c2cc3c(=O)n(CC(=O)NC(C)C)ccn3n2)cc1. The van der Waals surface area contributed by atoms with E-state index in [4.69, 9.17) is 4.74 Å². The van der Waals surface area contributed by atoms with E-state index in [9.17, 15) is 9.59 Å². The van der Waals surface area contributed by atoms with Crippen LogP contribution in [0, 0.1) is 0 Å². The minimum atomic E-state index is -0.254. The molecule has 3 rings (SSSR count). The number of amides is 1. The smallest absolute Gasteiger partial charge is 0.277 e. The molecule has 0 aliphatic rings. The van der Waals surface area contributed by atoms with Crippen LogP contribution < -0.4 is 15.6 Å². The van der Waals surface area contributed by atoms with Gasteiger partial charge in [-0.1, -0.05) is 0 Å². The van der Waals surface area contributed by atoms with Crippen LogP contribution in [-0.4, -0.2) is 32.7 Å². The predicted octanol–water partition coefficient (Wildman–Crippen LogP) is 2.09. The van der Waals surface area contributed by atoms with Crippen LogP contribution in [0.2, 0.25) is 0 Å². The van der Waals surface area contributed by atoms with E-state index in [1.807, 2.05) is 45.0 Å². The van der Waals surface area contributed by atoms with Crippen molar-refractivity contribution in [3.8, 4) is 17.0 Å². The van der Waals surface area contributed by atoms with Crippen molar-refractivity contribution in [2.24, 2.45) is 0 Å². The minimum Gasteiger partial charge on any atom is -0.494 e. The maximum atomic E-state index is 12.6. The molecule has 0 atom stereocenters. The van der Waals surface area contributed by atoms with Gasteiger partial charge in [0.15, 0.2) is 0 Å². The minimum absolute atomic E-state index is 0.0168. The Kier molecular flexibility index (Phi) is 5.06. The van der Waals surface area contributed by atoms with Crippen molar-refractivity contribution in [2.45, 2.75) is 33.4 Å². The number of ether oxygens (including phenoxy) is 1. The highest BCUT2D eigenvalue weighted by Crippen LogP contribution is 2.21. The molecule has 7 heteroatoms. The molecule has 2 aromatic heterocycles. The van der Waals surface area contributed by atoms with Gasteiger partial charge in [-0.3, -0.25) is 9.59 Å². The first-order chi connectivity index (χ1) is 12.5. The molecule has 0 aliphatic heterocycles. The lowest BCUT2D eigenvalue weighted by molar-refractivity contribution is -0.122. The normalized spacial score (nSPS) is 11.1. The molecule has 0 radical (unpaired) electrons. The third kappa shape index (κ3) is 3.77. The number of nitrogens with zero attached hydrogens (tertiary/aromatic N) is 3. The van der Waals surface area contributed by atoms with Gasteiger partial charge in [0, 0.05) is 24.0 Å². The summed E-state index contributed by atoms with van der Waals surface area (Å²) in [6.45, 7) is 6.28. The van der Waals surface area contributed by atoms with Crippen molar-refractivity contribution in [3.63, 3.8) is 0 Å². The van der Waals surface area contributed by atoms with E-state index in [2.05, 4.69) is 10.4 Å². The van der Waals surface area contributed by atoms with Gasteiger partial charge < -0.3 is 14.6 Å². The number of fused-ring (bicyclic) bond motifs is 1. The van der Waals surface area contributed by atoms with Gasteiger partial charge in [0.25, 0.3) is 5.56 Å². The average molecular weight is 354 g/mol. The standard InChI is InChI=1S/C19H22N4O3/c1-4-26-15-7-5-14(6-8-15)16-11-17-19(25)22(9-10-23(17)21-16)12-18(24)20-13(2)3/h5-11,13H,4,12H2,1-3H3,(H,20,24). The molecule has 7 nitrogen and oxygen atoms in total. The summed E-state index contributed by atoms with van der Waals surface area (Å²) in [5.74, 6) is 0.594. The fourth-order valence-corrected chi connectivity index (χ4v) is 2.70. The van der Waals surface area contributed by atoms with E-state index in [1.54, 1.807) is 18.5 Å². The Morgan fingerprint density at radius 3 is 2.62 bits per heavy atom. The summed E-state index contributed by atoms with van der Waals surface area (Å²) in [7, 11) is 0. The molecule has 3 aromatic rings. The summed E-state index contributed by atoms with van der Waals surface area (Å²) in [4.78, 5) is 24.6. The van der Waals surface area contributed by atoms with Crippen LogP contribution in [0.5, 0.6) is 5.75 Å². The van der Waals surface area contributed by atoms with E-state index in [1.165, 1.54) is 9.08 Å². The molecule has 26 heavy (non-hydrogen) atoms. The number of hydrogen-bond donors (Lipinski definition) is 1. The lowest BCUT2D eigenvalue weighted by atomic mass is 10.1. The van der Waals surface area contributed by atoms with Gasteiger partial charge in [-0.2, -0.15) is 5.10 Å². The van der Waals surface area contributed by atoms with Crippen molar-refractivity contribution in [1.82, 2.24) is 19.5 Å². The Morgan fingerprint density at radius 1 is 1.23 bits per heavy atom. The second kappa shape index (κ2) is 7.43. The third-order valence-electron chi connectivity index (χ3n) is 3.83. The lowest BCUT2D eigenvalue weighted by Crippen LogP contribution is -2.36. The summed E-state index contributed by atoms with van der Waals surface area (Å²) in [6.07, 6.45) is 3.25. The van der Waals surface area contributed by atoms with Crippen LogP contribution in [-0.2, 0) is 11.3 Å². The van der Waals surface area contributed by atoms with Crippen LogP contribution in [0.25, 0.3) is 16.8 Å². The molecule has 1 aromatic carbocycles. The first-order valence-electron chi connectivity index (χ1n) is 8.59. The molecule has 1 amide bonds. The molecule has 0 spiro atoms. The van der Waals surface area contributed by atoms with E-state index in [0.29, 0.717) is 17.8 Å². The molecule has 1 N–H and O–H groups in total. The molecule has 136 valence electrons. The Hall–Kier alpha value is -3.09. The number of benzene rings is 1. The van der Waals surface area contributed by atoms with Gasteiger partial charge in [0.05, 0.1) is 12.3 Å². The van der Waals surface area contributed by atoms with Crippen LogP contribution in [0.15, 0.2) is 47.5 Å². The van der Waals surface area contributed by atoms with Crippen molar-refractivity contribution in [2.75, 3.05) is 6.61 Å². The van der Waals surface area contributed by atoms with Gasteiger partial charge in [-0.15, -0.1) is 0 Å². The Morgan fingerprint density at radius 2 is 1.96 bits per heavy atom. The lowest BCUT2D eigenvalue weighted by Gasteiger charge is -2.09. The quantitative estimate of drug-likeness (QED) is 0.735. The molecular weight excluding hydrogens is 332 g/mol. The zero-order chi connectivity index (χ0) is 18.7. The predicted molar refractivity (Wildman–Crippen MR) is 99.3 cm³/mol. The Labute approximate surface area is 151 Å². The first kappa shape index (κ1) is 17.7.